The Bertz CT molecular complexity index is 1290. The van der Waals surface area contributed by atoms with Crippen LogP contribution in [0.5, 0.6) is 0 Å². The third kappa shape index (κ3) is 4.65. The van der Waals surface area contributed by atoms with E-state index in [1.54, 1.807) is 61.4 Å². The van der Waals surface area contributed by atoms with Crippen LogP contribution < -0.4 is 5.32 Å². The highest BCUT2D eigenvalue weighted by molar-refractivity contribution is 6.30. The molecule has 0 saturated heterocycles. The first-order valence-corrected chi connectivity index (χ1v) is 10.1. The molecule has 0 aliphatic rings. The Balaban J connectivity index is 1.69. The van der Waals surface area contributed by atoms with E-state index in [0.29, 0.717) is 27.7 Å². The second kappa shape index (κ2) is 8.84. The van der Waals surface area contributed by atoms with Crippen LogP contribution in [0.2, 0.25) is 5.02 Å². The molecule has 6 nitrogen and oxygen atoms in total. The van der Waals surface area contributed by atoms with E-state index in [1.807, 2.05) is 0 Å². The molecule has 4 rings (SSSR count). The van der Waals surface area contributed by atoms with Crippen LogP contribution >= 0.6 is 11.6 Å². The summed E-state index contributed by atoms with van der Waals surface area (Å²) >= 11 is 5.99. The Hall–Kier alpha value is -3.65. The largest absolute Gasteiger partial charge is 0.344 e. The summed E-state index contributed by atoms with van der Waals surface area (Å²) in [7, 11) is 1.77. The van der Waals surface area contributed by atoms with Crippen molar-refractivity contribution in [1.29, 1.82) is 0 Å². The quantitative estimate of drug-likeness (QED) is 0.463. The van der Waals surface area contributed by atoms with Crippen molar-refractivity contribution in [1.82, 2.24) is 25.1 Å². The van der Waals surface area contributed by atoms with Gasteiger partial charge in [-0.1, -0.05) is 29.8 Å². The number of hydrogen-bond acceptors (Lipinski definition) is 4. The highest BCUT2D eigenvalue weighted by Crippen LogP contribution is 2.24. The number of carbonyl (C=O) groups excluding carboxylic acids is 1. The van der Waals surface area contributed by atoms with Gasteiger partial charge in [0.1, 0.15) is 5.69 Å². The Morgan fingerprint density at radius 1 is 1.03 bits per heavy atom. The molecule has 0 aliphatic heterocycles. The molecule has 0 fully saturated rings. The average molecular weight is 454 g/mol. The SMILES string of the molecule is C[C@H](NC(=O)c1cc(-c2ccc(Cl)cc2)nc(-c2cnn(C)c2)n1)c1ccc(F)c(F)c1. The van der Waals surface area contributed by atoms with Gasteiger partial charge < -0.3 is 5.32 Å². The fraction of sp³-hybridized carbons (Fsp3) is 0.130. The van der Waals surface area contributed by atoms with Crippen LogP contribution in [0.1, 0.15) is 29.0 Å². The van der Waals surface area contributed by atoms with Crippen LogP contribution in [0, 0.1) is 11.6 Å². The van der Waals surface area contributed by atoms with Gasteiger partial charge in [-0.25, -0.2) is 18.7 Å². The lowest BCUT2D eigenvalue weighted by Gasteiger charge is -2.15. The second-order valence-corrected chi connectivity index (χ2v) is 7.68. The molecule has 9 heteroatoms. The number of amides is 1. The lowest BCUT2D eigenvalue weighted by molar-refractivity contribution is 0.0934. The molecule has 2 aromatic heterocycles. The normalized spacial score (nSPS) is 11.9. The van der Waals surface area contributed by atoms with E-state index in [2.05, 4.69) is 20.4 Å². The van der Waals surface area contributed by atoms with Gasteiger partial charge in [-0.2, -0.15) is 5.10 Å². The van der Waals surface area contributed by atoms with E-state index in [4.69, 9.17) is 11.6 Å². The molecule has 162 valence electrons. The van der Waals surface area contributed by atoms with Crippen molar-refractivity contribution in [2.45, 2.75) is 13.0 Å². The summed E-state index contributed by atoms with van der Waals surface area (Å²) in [6.07, 6.45) is 3.35. The number of benzene rings is 2. The lowest BCUT2D eigenvalue weighted by atomic mass is 10.1. The summed E-state index contributed by atoms with van der Waals surface area (Å²) in [6, 6.07) is 11.5. The van der Waals surface area contributed by atoms with Crippen LogP contribution in [0.25, 0.3) is 22.6 Å². The minimum Gasteiger partial charge on any atom is -0.344 e. The molecular weight excluding hydrogens is 436 g/mol. The third-order valence-corrected chi connectivity index (χ3v) is 5.11. The minimum absolute atomic E-state index is 0.123. The van der Waals surface area contributed by atoms with E-state index in [0.717, 1.165) is 17.7 Å². The first-order chi connectivity index (χ1) is 15.3. The van der Waals surface area contributed by atoms with Gasteiger partial charge in [0.05, 0.1) is 23.5 Å². The van der Waals surface area contributed by atoms with Crippen LogP contribution in [0.3, 0.4) is 0 Å². The van der Waals surface area contributed by atoms with Crippen molar-refractivity contribution < 1.29 is 13.6 Å². The molecule has 0 unspecified atom stereocenters. The summed E-state index contributed by atoms with van der Waals surface area (Å²) in [5, 5.41) is 7.49. The van der Waals surface area contributed by atoms with Gasteiger partial charge in [0.2, 0.25) is 0 Å². The molecule has 0 radical (unpaired) electrons. The van der Waals surface area contributed by atoms with Gasteiger partial charge in [-0.3, -0.25) is 9.48 Å². The fourth-order valence-electron chi connectivity index (χ4n) is 3.13. The van der Waals surface area contributed by atoms with Crippen molar-refractivity contribution in [2.24, 2.45) is 7.05 Å². The summed E-state index contributed by atoms with van der Waals surface area (Å²) in [6.45, 7) is 1.67. The van der Waals surface area contributed by atoms with Gasteiger partial charge in [0.25, 0.3) is 5.91 Å². The van der Waals surface area contributed by atoms with Crippen molar-refractivity contribution in [3.05, 3.63) is 88.8 Å². The van der Waals surface area contributed by atoms with Crippen molar-refractivity contribution in [3.8, 4) is 22.6 Å². The van der Waals surface area contributed by atoms with E-state index >= 15 is 0 Å². The van der Waals surface area contributed by atoms with E-state index in [1.165, 1.54) is 6.07 Å². The van der Waals surface area contributed by atoms with Gasteiger partial charge in [0.15, 0.2) is 17.5 Å². The van der Waals surface area contributed by atoms with Crippen molar-refractivity contribution in [2.75, 3.05) is 0 Å². The maximum atomic E-state index is 13.6. The maximum Gasteiger partial charge on any atom is 0.270 e. The number of carbonyl (C=O) groups is 1. The Kier molecular flexibility index (Phi) is 5.96. The monoisotopic (exact) mass is 453 g/mol. The Morgan fingerprint density at radius 3 is 2.44 bits per heavy atom. The number of nitrogens with one attached hydrogen (secondary N) is 1. The zero-order chi connectivity index (χ0) is 22.8. The van der Waals surface area contributed by atoms with Crippen LogP contribution in [-0.2, 0) is 7.05 Å². The first-order valence-electron chi connectivity index (χ1n) is 9.70. The molecule has 0 bridgehead atoms. The molecule has 0 aliphatic carbocycles. The summed E-state index contributed by atoms with van der Waals surface area (Å²) in [5.41, 5.74) is 2.48. The number of rotatable bonds is 5. The third-order valence-electron chi connectivity index (χ3n) is 4.85. The maximum absolute atomic E-state index is 13.6. The van der Waals surface area contributed by atoms with Crippen LogP contribution in [-0.4, -0.2) is 25.7 Å². The number of hydrogen-bond donors (Lipinski definition) is 1. The summed E-state index contributed by atoms with van der Waals surface area (Å²) in [5.74, 6) is -2.08. The molecule has 0 spiro atoms. The highest BCUT2D eigenvalue weighted by atomic mass is 35.5. The predicted molar refractivity (Wildman–Crippen MR) is 117 cm³/mol. The average Bonchev–Trinajstić information content (AvgIpc) is 3.22. The lowest BCUT2D eigenvalue weighted by Crippen LogP contribution is -2.28. The standard InChI is InChI=1S/C23H18ClF2N5O/c1-13(15-5-8-18(25)19(26)9-15)28-23(32)21-10-20(14-3-6-17(24)7-4-14)29-22(30-21)16-11-27-31(2)12-16/h3-13H,1-2H3,(H,28,32)/t13-/m0/s1. The van der Waals surface area contributed by atoms with Gasteiger partial charge in [-0.05, 0) is 42.8 Å². The summed E-state index contributed by atoms with van der Waals surface area (Å²) < 4.78 is 28.4. The van der Waals surface area contributed by atoms with Crippen LogP contribution in [0.4, 0.5) is 8.78 Å². The second-order valence-electron chi connectivity index (χ2n) is 7.24. The minimum atomic E-state index is -0.977. The summed E-state index contributed by atoms with van der Waals surface area (Å²) in [4.78, 5) is 22.0. The van der Waals surface area contributed by atoms with E-state index in [9.17, 15) is 13.6 Å². The Morgan fingerprint density at radius 2 is 1.78 bits per heavy atom. The number of nitrogens with zero attached hydrogens (tertiary/aromatic N) is 4. The zero-order valence-electron chi connectivity index (χ0n) is 17.2. The first kappa shape index (κ1) is 21.6. The van der Waals surface area contributed by atoms with Crippen LogP contribution in [0.15, 0.2) is 60.9 Å². The molecule has 1 atom stereocenters. The van der Waals surface area contributed by atoms with Gasteiger partial charge >= 0.3 is 0 Å². The van der Waals surface area contributed by atoms with Gasteiger partial charge in [-0.15, -0.1) is 0 Å². The molecular formula is C23H18ClF2N5O. The van der Waals surface area contributed by atoms with E-state index < -0.39 is 23.6 Å². The van der Waals surface area contributed by atoms with Crippen molar-refractivity contribution >= 4 is 17.5 Å². The molecule has 4 aromatic rings. The molecule has 0 saturated carbocycles. The Labute approximate surface area is 187 Å². The molecule has 32 heavy (non-hydrogen) atoms. The number of aryl methyl sites for hydroxylation is 1. The smallest absolute Gasteiger partial charge is 0.270 e. The predicted octanol–water partition coefficient (Wildman–Crippen LogP) is 4.97. The topological polar surface area (TPSA) is 72.7 Å². The van der Waals surface area contributed by atoms with E-state index in [-0.39, 0.29) is 5.69 Å². The zero-order valence-corrected chi connectivity index (χ0v) is 17.9. The van der Waals surface area contributed by atoms with Gasteiger partial charge in [0, 0.05) is 23.8 Å². The molecule has 1 amide bonds. The molecule has 2 aromatic carbocycles. The number of halogens is 3. The molecule has 1 N–H and O–H groups in total. The molecule has 2 heterocycles. The number of aromatic nitrogens is 4. The fourth-order valence-corrected chi connectivity index (χ4v) is 3.26. The highest BCUT2D eigenvalue weighted by Gasteiger charge is 2.18. The van der Waals surface area contributed by atoms with Crippen molar-refractivity contribution in [3.63, 3.8) is 0 Å².